The number of aromatic nitrogens is 2. The second-order valence-electron chi connectivity index (χ2n) is 7.08. The molecule has 3 N–H and O–H groups in total. The molecule has 6 nitrogen and oxygen atoms in total. The van der Waals surface area contributed by atoms with Gasteiger partial charge in [-0.2, -0.15) is 0 Å². The molecule has 0 fully saturated rings. The van der Waals surface area contributed by atoms with Crippen LogP contribution in [0, 0.1) is 0 Å². The van der Waals surface area contributed by atoms with Crippen LogP contribution < -0.4 is 10.6 Å². The third kappa shape index (κ3) is 7.10. The molecule has 8 heteroatoms. The second-order valence-corrected chi connectivity index (χ2v) is 8.03. The monoisotopic (exact) mass is 539 g/mol. The summed E-state index contributed by atoms with van der Waals surface area (Å²) < 4.78 is 2.17. The van der Waals surface area contributed by atoms with Gasteiger partial charge in [-0.15, -0.1) is 35.3 Å². The molecule has 0 aliphatic rings. The van der Waals surface area contributed by atoms with Crippen LogP contribution in [0.1, 0.15) is 30.1 Å². The summed E-state index contributed by atoms with van der Waals surface area (Å²) in [7, 11) is 0. The molecule has 1 aromatic carbocycles. The molecule has 30 heavy (non-hydrogen) atoms. The van der Waals surface area contributed by atoms with Crippen LogP contribution in [0.5, 0.6) is 0 Å². The first-order valence-electron chi connectivity index (χ1n) is 9.91. The van der Waals surface area contributed by atoms with E-state index in [1.165, 1.54) is 5.56 Å². The smallest absolute Gasteiger partial charge is 0.191 e. The second kappa shape index (κ2) is 12.1. The van der Waals surface area contributed by atoms with E-state index in [0.29, 0.717) is 19.0 Å². The van der Waals surface area contributed by atoms with Crippen LogP contribution in [0.4, 0.5) is 0 Å². The Morgan fingerprint density at radius 1 is 1.20 bits per heavy atom. The van der Waals surface area contributed by atoms with Crippen molar-refractivity contribution in [1.82, 2.24) is 20.2 Å². The Balaban J connectivity index is 0.00000320. The van der Waals surface area contributed by atoms with E-state index in [1.54, 1.807) is 18.3 Å². The lowest BCUT2D eigenvalue weighted by Crippen LogP contribution is -2.39. The lowest BCUT2D eigenvalue weighted by atomic mass is 10.1. The van der Waals surface area contributed by atoms with E-state index in [0.717, 1.165) is 30.2 Å². The van der Waals surface area contributed by atoms with Gasteiger partial charge in [-0.1, -0.05) is 36.4 Å². The van der Waals surface area contributed by atoms with Gasteiger partial charge in [0.15, 0.2) is 5.96 Å². The number of nitrogens with zero attached hydrogens (tertiary/aromatic N) is 3. The third-order valence-corrected chi connectivity index (χ3v) is 5.70. The number of aliphatic imine (C=N–C) groups is 1. The van der Waals surface area contributed by atoms with Crippen molar-refractivity contribution in [2.75, 3.05) is 19.6 Å². The normalized spacial score (nSPS) is 13.4. The summed E-state index contributed by atoms with van der Waals surface area (Å²) in [6.45, 7) is 6.40. The number of nitrogens with one attached hydrogen (secondary N) is 2. The minimum atomic E-state index is -0.970. The number of imidazole rings is 1. The summed E-state index contributed by atoms with van der Waals surface area (Å²) in [6, 6.07) is 14.3. The fourth-order valence-electron chi connectivity index (χ4n) is 3.02. The minimum Gasteiger partial charge on any atom is -0.383 e. The van der Waals surface area contributed by atoms with Gasteiger partial charge in [0, 0.05) is 43.3 Å². The first-order valence-corrected chi connectivity index (χ1v) is 10.8. The average Bonchev–Trinajstić information content (AvgIpc) is 3.40. The zero-order valence-corrected chi connectivity index (χ0v) is 20.6. The van der Waals surface area contributed by atoms with Crippen molar-refractivity contribution in [1.29, 1.82) is 0 Å². The van der Waals surface area contributed by atoms with Gasteiger partial charge in [-0.25, -0.2) is 9.98 Å². The maximum atomic E-state index is 10.7. The molecule has 2 aromatic heterocycles. The lowest BCUT2D eigenvalue weighted by Gasteiger charge is -2.20. The third-order valence-electron chi connectivity index (χ3n) is 4.58. The zero-order chi connectivity index (χ0) is 20.5. The van der Waals surface area contributed by atoms with Gasteiger partial charge in [0.1, 0.15) is 11.4 Å². The fourth-order valence-corrected chi connectivity index (χ4v) is 3.80. The van der Waals surface area contributed by atoms with Gasteiger partial charge < -0.3 is 20.3 Å². The minimum absolute atomic E-state index is 0. The van der Waals surface area contributed by atoms with E-state index in [2.05, 4.69) is 49.4 Å². The molecule has 0 aliphatic carbocycles. The van der Waals surface area contributed by atoms with Gasteiger partial charge in [-0.3, -0.25) is 0 Å². The number of benzene rings is 1. The fraction of sp³-hybridized carbons (Fsp3) is 0.364. The average molecular weight is 539 g/mol. The van der Waals surface area contributed by atoms with E-state index in [9.17, 15) is 5.11 Å². The Hall–Kier alpha value is -1.91. The molecule has 1 unspecified atom stereocenters. The molecule has 3 rings (SSSR count). The predicted molar refractivity (Wildman–Crippen MR) is 135 cm³/mol. The first-order chi connectivity index (χ1) is 14.1. The molecule has 0 saturated carbocycles. The Labute approximate surface area is 199 Å². The van der Waals surface area contributed by atoms with Gasteiger partial charge in [-0.05, 0) is 30.9 Å². The Morgan fingerprint density at radius 2 is 2.00 bits per heavy atom. The highest BCUT2D eigenvalue weighted by Crippen LogP contribution is 2.25. The zero-order valence-electron chi connectivity index (χ0n) is 17.4. The highest BCUT2D eigenvalue weighted by Gasteiger charge is 2.24. The summed E-state index contributed by atoms with van der Waals surface area (Å²) in [5, 5.41) is 19.2. The maximum absolute atomic E-state index is 10.7. The summed E-state index contributed by atoms with van der Waals surface area (Å²) in [5.41, 5.74) is 0.285. The largest absolute Gasteiger partial charge is 0.383 e. The Kier molecular flexibility index (Phi) is 9.80. The molecule has 1 atom stereocenters. The lowest BCUT2D eigenvalue weighted by molar-refractivity contribution is 0.0711. The van der Waals surface area contributed by atoms with E-state index in [4.69, 9.17) is 0 Å². The van der Waals surface area contributed by atoms with Crippen LogP contribution in [0.3, 0.4) is 0 Å². The van der Waals surface area contributed by atoms with E-state index < -0.39 is 5.60 Å². The number of rotatable bonds is 9. The molecule has 0 amide bonds. The Bertz CT molecular complexity index is 893. The number of hydrogen-bond acceptors (Lipinski definition) is 4. The summed E-state index contributed by atoms with van der Waals surface area (Å²) >= 11 is 1.54. The predicted octanol–water partition coefficient (Wildman–Crippen LogP) is 3.62. The van der Waals surface area contributed by atoms with E-state index in [1.807, 2.05) is 42.9 Å². The van der Waals surface area contributed by atoms with Crippen LogP contribution in [0.15, 0.2) is 65.2 Å². The van der Waals surface area contributed by atoms with Crippen LogP contribution >= 0.6 is 35.3 Å². The summed E-state index contributed by atoms with van der Waals surface area (Å²) in [6.07, 6.45) is 4.64. The number of guanidine groups is 1. The quantitative estimate of drug-likeness (QED) is 0.221. The van der Waals surface area contributed by atoms with Crippen molar-refractivity contribution in [3.05, 3.63) is 76.5 Å². The molecule has 2 heterocycles. The molecule has 0 aliphatic heterocycles. The highest BCUT2D eigenvalue weighted by atomic mass is 127. The van der Waals surface area contributed by atoms with Crippen molar-refractivity contribution in [2.45, 2.75) is 32.4 Å². The number of halogens is 1. The number of thiophene rings is 1. The standard InChI is InChI=1S/C22H29N5OS.HI/c1-3-23-21(26-17-22(2,28)19-10-7-15-29-19)25-12-11-20-24-13-14-27(20)16-18-8-5-4-6-9-18;/h4-10,13-15,28H,3,11-12,16-17H2,1-2H3,(H2,23,25,26);1H. The van der Waals surface area contributed by atoms with Crippen LogP contribution in [0.2, 0.25) is 0 Å². The van der Waals surface area contributed by atoms with Gasteiger partial charge >= 0.3 is 0 Å². The molecule has 162 valence electrons. The van der Waals surface area contributed by atoms with Crippen LogP contribution in [-0.4, -0.2) is 40.3 Å². The molecule has 0 bridgehead atoms. The topological polar surface area (TPSA) is 74.5 Å². The van der Waals surface area contributed by atoms with Crippen molar-refractivity contribution in [3.63, 3.8) is 0 Å². The Morgan fingerprint density at radius 3 is 2.70 bits per heavy atom. The van der Waals surface area contributed by atoms with Crippen LogP contribution in [-0.2, 0) is 18.6 Å². The number of hydrogen-bond donors (Lipinski definition) is 3. The molecular formula is C22H30IN5OS. The summed E-state index contributed by atoms with van der Waals surface area (Å²) in [4.78, 5) is 9.99. The highest BCUT2D eigenvalue weighted by molar-refractivity contribution is 14.0. The van der Waals surface area contributed by atoms with Crippen LogP contribution in [0.25, 0.3) is 0 Å². The van der Waals surface area contributed by atoms with Gasteiger partial charge in [0.25, 0.3) is 0 Å². The van der Waals surface area contributed by atoms with Crippen molar-refractivity contribution < 1.29 is 5.11 Å². The molecule has 0 spiro atoms. The van der Waals surface area contributed by atoms with Gasteiger partial charge in [0.2, 0.25) is 0 Å². The SMILES string of the molecule is CCNC(=NCC(C)(O)c1cccs1)NCCc1nccn1Cc1ccccc1.I. The maximum Gasteiger partial charge on any atom is 0.191 e. The van der Waals surface area contributed by atoms with Crippen molar-refractivity contribution >= 4 is 41.3 Å². The number of aliphatic hydroxyl groups is 1. The van der Waals surface area contributed by atoms with E-state index >= 15 is 0 Å². The molecule has 0 radical (unpaired) electrons. The van der Waals surface area contributed by atoms with Crippen molar-refractivity contribution in [3.8, 4) is 0 Å². The molecular weight excluding hydrogens is 509 g/mol. The van der Waals surface area contributed by atoms with E-state index in [-0.39, 0.29) is 24.0 Å². The first kappa shape index (κ1) is 24.4. The van der Waals surface area contributed by atoms with Gasteiger partial charge in [0.05, 0.1) is 6.54 Å². The molecule has 0 saturated heterocycles. The summed E-state index contributed by atoms with van der Waals surface area (Å²) in [5.74, 6) is 1.73. The molecule has 3 aromatic rings. The van der Waals surface area contributed by atoms with Crippen molar-refractivity contribution in [2.24, 2.45) is 4.99 Å².